The Labute approximate surface area is 101 Å². The van der Waals surface area contributed by atoms with Crippen LogP contribution in [0.5, 0.6) is 0 Å². The molecule has 1 N–H and O–H groups in total. The Morgan fingerprint density at radius 1 is 1.33 bits per heavy atom. The van der Waals surface area contributed by atoms with Crippen LogP contribution < -0.4 is 5.32 Å². The molecule has 0 fully saturated rings. The van der Waals surface area contributed by atoms with E-state index in [0.717, 1.165) is 16.9 Å². The average Bonchev–Trinajstić information content (AvgIpc) is 2.17. The minimum Gasteiger partial charge on any atom is -0.384 e. The highest BCUT2D eigenvalue weighted by molar-refractivity contribution is 9.10. The van der Waals surface area contributed by atoms with Crippen LogP contribution >= 0.6 is 15.9 Å². The second-order valence-electron chi connectivity index (χ2n) is 4.45. The number of halogens is 1. The normalized spacial score (nSPS) is 10.7. The Morgan fingerprint density at radius 2 is 2.07 bits per heavy atom. The highest BCUT2D eigenvalue weighted by atomic mass is 79.9. The number of anilines is 1. The predicted octanol–water partition coefficient (Wildman–Crippen LogP) is 4.61. The maximum Gasteiger partial charge on any atom is 0.0487 e. The summed E-state index contributed by atoms with van der Waals surface area (Å²) in [5.41, 5.74) is 2.50. The molecule has 0 amide bonds. The van der Waals surface area contributed by atoms with Gasteiger partial charge in [-0.1, -0.05) is 19.9 Å². The predicted molar refractivity (Wildman–Crippen MR) is 71.4 cm³/mol. The van der Waals surface area contributed by atoms with E-state index in [1.807, 2.05) is 0 Å². The van der Waals surface area contributed by atoms with Crippen LogP contribution in [0.15, 0.2) is 22.7 Å². The average molecular weight is 270 g/mol. The van der Waals surface area contributed by atoms with Crippen molar-refractivity contribution >= 4 is 21.6 Å². The van der Waals surface area contributed by atoms with Crippen molar-refractivity contribution < 1.29 is 0 Å². The van der Waals surface area contributed by atoms with Gasteiger partial charge in [0.2, 0.25) is 0 Å². The quantitative estimate of drug-likeness (QED) is 0.771. The van der Waals surface area contributed by atoms with Gasteiger partial charge < -0.3 is 5.32 Å². The molecule has 1 aromatic carbocycles. The lowest BCUT2D eigenvalue weighted by atomic mass is 10.1. The zero-order valence-electron chi connectivity index (χ0n) is 9.81. The Bertz CT molecular complexity index is 307. The minimum absolute atomic E-state index is 0.799. The molecule has 1 rings (SSSR count). The van der Waals surface area contributed by atoms with Gasteiger partial charge >= 0.3 is 0 Å². The molecular formula is C13H20BrN. The maximum absolute atomic E-state index is 3.55. The molecule has 0 saturated carbocycles. The molecule has 0 bridgehead atoms. The number of hydrogen-bond donors (Lipinski definition) is 1. The number of hydrogen-bond acceptors (Lipinski definition) is 1. The minimum atomic E-state index is 0.799. The van der Waals surface area contributed by atoms with Crippen molar-refractivity contribution in [1.82, 2.24) is 0 Å². The molecule has 0 heterocycles. The fraction of sp³-hybridized carbons (Fsp3) is 0.538. The van der Waals surface area contributed by atoms with E-state index in [-0.39, 0.29) is 0 Å². The Morgan fingerprint density at radius 3 is 2.73 bits per heavy atom. The molecule has 1 aromatic rings. The number of nitrogens with one attached hydrogen (secondary N) is 1. The van der Waals surface area contributed by atoms with Crippen LogP contribution in [0.4, 0.5) is 5.69 Å². The lowest BCUT2D eigenvalue weighted by Gasteiger charge is -2.10. The van der Waals surface area contributed by atoms with Crippen LogP contribution in [-0.2, 0) is 0 Å². The molecule has 0 aliphatic rings. The van der Waals surface area contributed by atoms with Crippen molar-refractivity contribution in [2.45, 2.75) is 33.6 Å². The summed E-state index contributed by atoms with van der Waals surface area (Å²) in [7, 11) is 0. The molecule has 2 heteroatoms. The fourth-order valence-corrected chi connectivity index (χ4v) is 1.89. The monoisotopic (exact) mass is 269 g/mol. The van der Waals surface area contributed by atoms with Crippen LogP contribution in [0.25, 0.3) is 0 Å². The van der Waals surface area contributed by atoms with Crippen molar-refractivity contribution in [2.24, 2.45) is 5.92 Å². The van der Waals surface area contributed by atoms with Crippen molar-refractivity contribution in [3.8, 4) is 0 Å². The van der Waals surface area contributed by atoms with Gasteiger partial charge in [-0.3, -0.25) is 0 Å². The van der Waals surface area contributed by atoms with Crippen molar-refractivity contribution in [1.29, 1.82) is 0 Å². The van der Waals surface area contributed by atoms with Gasteiger partial charge in [-0.2, -0.15) is 0 Å². The number of benzene rings is 1. The SMILES string of the molecule is Cc1ccc(Br)c(NCCCC(C)C)c1. The van der Waals surface area contributed by atoms with Gasteiger partial charge in [0.25, 0.3) is 0 Å². The lowest BCUT2D eigenvalue weighted by Crippen LogP contribution is -2.03. The van der Waals surface area contributed by atoms with Crippen LogP contribution in [0.3, 0.4) is 0 Å². The van der Waals surface area contributed by atoms with Crippen molar-refractivity contribution in [3.63, 3.8) is 0 Å². The van der Waals surface area contributed by atoms with E-state index in [1.165, 1.54) is 24.1 Å². The van der Waals surface area contributed by atoms with E-state index in [2.05, 4.69) is 60.2 Å². The highest BCUT2D eigenvalue weighted by Crippen LogP contribution is 2.23. The van der Waals surface area contributed by atoms with Crippen molar-refractivity contribution in [3.05, 3.63) is 28.2 Å². The van der Waals surface area contributed by atoms with Gasteiger partial charge in [-0.15, -0.1) is 0 Å². The van der Waals surface area contributed by atoms with E-state index >= 15 is 0 Å². The summed E-state index contributed by atoms with van der Waals surface area (Å²) in [5, 5.41) is 3.46. The zero-order valence-corrected chi connectivity index (χ0v) is 11.4. The molecule has 0 aliphatic heterocycles. The Kier molecular flexibility index (Phi) is 5.16. The molecule has 0 saturated heterocycles. The summed E-state index contributed by atoms with van der Waals surface area (Å²) in [5.74, 6) is 0.799. The molecule has 0 radical (unpaired) electrons. The van der Waals surface area contributed by atoms with E-state index in [1.54, 1.807) is 0 Å². The number of rotatable bonds is 5. The summed E-state index contributed by atoms with van der Waals surface area (Å²) in [6.07, 6.45) is 2.52. The lowest BCUT2D eigenvalue weighted by molar-refractivity contribution is 0.567. The molecule has 15 heavy (non-hydrogen) atoms. The summed E-state index contributed by atoms with van der Waals surface area (Å²) < 4.78 is 1.15. The highest BCUT2D eigenvalue weighted by Gasteiger charge is 1.99. The zero-order chi connectivity index (χ0) is 11.3. The standard InChI is InChI=1S/C13H20BrN/c1-10(2)5-4-8-15-13-9-11(3)6-7-12(13)14/h6-7,9-10,15H,4-5,8H2,1-3H3. The Hall–Kier alpha value is -0.500. The molecule has 0 aliphatic carbocycles. The second kappa shape index (κ2) is 6.16. The van der Waals surface area contributed by atoms with E-state index in [0.29, 0.717) is 0 Å². The molecule has 0 unspecified atom stereocenters. The van der Waals surface area contributed by atoms with Crippen LogP contribution in [0, 0.1) is 12.8 Å². The molecule has 0 spiro atoms. The van der Waals surface area contributed by atoms with Gasteiger partial charge in [0.05, 0.1) is 0 Å². The summed E-state index contributed by atoms with van der Waals surface area (Å²) in [4.78, 5) is 0. The summed E-state index contributed by atoms with van der Waals surface area (Å²) in [6.45, 7) is 7.71. The molecule has 0 aromatic heterocycles. The largest absolute Gasteiger partial charge is 0.384 e. The van der Waals surface area contributed by atoms with Crippen molar-refractivity contribution in [2.75, 3.05) is 11.9 Å². The van der Waals surface area contributed by atoms with Gasteiger partial charge in [-0.05, 0) is 59.3 Å². The second-order valence-corrected chi connectivity index (χ2v) is 5.30. The van der Waals surface area contributed by atoms with Gasteiger partial charge in [0.1, 0.15) is 0 Å². The first-order valence-corrected chi connectivity index (χ1v) is 6.39. The Balaban J connectivity index is 2.40. The number of aryl methyl sites for hydroxylation is 1. The van der Waals surface area contributed by atoms with E-state index < -0.39 is 0 Å². The van der Waals surface area contributed by atoms with Crippen LogP contribution in [-0.4, -0.2) is 6.54 Å². The topological polar surface area (TPSA) is 12.0 Å². The molecule has 84 valence electrons. The first-order valence-electron chi connectivity index (χ1n) is 5.59. The maximum atomic E-state index is 3.55. The van der Waals surface area contributed by atoms with Gasteiger partial charge in [0, 0.05) is 16.7 Å². The molecular weight excluding hydrogens is 250 g/mol. The first-order chi connectivity index (χ1) is 7.09. The summed E-state index contributed by atoms with van der Waals surface area (Å²) in [6, 6.07) is 6.39. The van der Waals surface area contributed by atoms with Crippen LogP contribution in [0.2, 0.25) is 0 Å². The van der Waals surface area contributed by atoms with Gasteiger partial charge in [0.15, 0.2) is 0 Å². The fourth-order valence-electron chi connectivity index (χ4n) is 1.51. The third-order valence-corrected chi connectivity index (χ3v) is 3.09. The molecule has 1 nitrogen and oxygen atoms in total. The van der Waals surface area contributed by atoms with E-state index in [4.69, 9.17) is 0 Å². The smallest absolute Gasteiger partial charge is 0.0487 e. The first kappa shape index (κ1) is 12.6. The van der Waals surface area contributed by atoms with Gasteiger partial charge in [-0.25, -0.2) is 0 Å². The third kappa shape index (κ3) is 4.70. The third-order valence-electron chi connectivity index (χ3n) is 2.40. The molecule has 0 atom stereocenters. The summed E-state index contributed by atoms with van der Waals surface area (Å²) >= 11 is 3.55. The van der Waals surface area contributed by atoms with Crippen LogP contribution in [0.1, 0.15) is 32.3 Å². The van der Waals surface area contributed by atoms with E-state index in [9.17, 15) is 0 Å².